The van der Waals surface area contributed by atoms with Crippen molar-refractivity contribution in [3.63, 3.8) is 0 Å². The summed E-state index contributed by atoms with van der Waals surface area (Å²) in [6.07, 6.45) is 0. The normalized spacial score (nSPS) is 15.5. The predicted molar refractivity (Wildman–Crippen MR) is 148 cm³/mol. The fourth-order valence-electron chi connectivity index (χ4n) is 4.94. The van der Waals surface area contributed by atoms with Crippen molar-refractivity contribution in [2.45, 2.75) is 26.8 Å². The van der Waals surface area contributed by atoms with E-state index in [9.17, 15) is 19.8 Å². The maximum absolute atomic E-state index is 13.8. The molecule has 1 aromatic heterocycles. The second kappa shape index (κ2) is 9.91. The molecule has 0 saturated carbocycles. The Morgan fingerprint density at radius 3 is 2.39 bits per heavy atom. The van der Waals surface area contributed by atoms with E-state index in [1.54, 1.807) is 36.4 Å². The highest BCUT2D eigenvalue weighted by Crippen LogP contribution is 2.45. The van der Waals surface area contributed by atoms with Gasteiger partial charge < -0.3 is 19.5 Å². The smallest absolute Gasteiger partial charge is 0.294 e. The Bertz CT molecular complexity index is 1580. The molecule has 2 N–H and O–H groups in total. The van der Waals surface area contributed by atoms with Gasteiger partial charge in [-0.05, 0) is 80.4 Å². The highest BCUT2D eigenvalue weighted by molar-refractivity contribution is 6.31. The van der Waals surface area contributed by atoms with Crippen LogP contribution in [0.3, 0.4) is 0 Å². The third-order valence-corrected chi connectivity index (χ3v) is 7.12. The number of fused-ring (bicyclic) bond motifs is 1. The SMILES string of the molecule is CCN(CC)c1ccc(C2C(C(=O)c3cc4cc(Cl)ccc4o3)=C(O)C(=O)N2c2cc(C)ccc2O)cc1. The molecule has 0 spiro atoms. The number of nitrogens with zero attached hydrogens (tertiary/aromatic N) is 2. The van der Waals surface area contributed by atoms with Crippen LogP contribution in [0.1, 0.15) is 41.6 Å². The number of Topliss-reactive ketones (excluding diaryl/α,β-unsaturated/α-hetero) is 1. The molecule has 1 amide bonds. The quantitative estimate of drug-likeness (QED) is 0.257. The number of hydrogen-bond donors (Lipinski definition) is 2. The van der Waals surface area contributed by atoms with Gasteiger partial charge in [-0.2, -0.15) is 0 Å². The van der Waals surface area contributed by atoms with E-state index in [2.05, 4.69) is 18.7 Å². The van der Waals surface area contributed by atoms with E-state index >= 15 is 0 Å². The third kappa shape index (κ3) is 4.29. The van der Waals surface area contributed by atoms with Gasteiger partial charge in [0.15, 0.2) is 11.5 Å². The van der Waals surface area contributed by atoms with E-state index in [1.165, 1.54) is 11.0 Å². The lowest BCUT2D eigenvalue weighted by atomic mass is 9.94. The Hall–Kier alpha value is -4.23. The monoisotopic (exact) mass is 530 g/mol. The van der Waals surface area contributed by atoms with Gasteiger partial charge in [-0.1, -0.05) is 29.8 Å². The Morgan fingerprint density at radius 2 is 1.71 bits per heavy atom. The zero-order valence-electron chi connectivity index (χ0n) is 21.2. The first-order chi connectivity index (χ1) is 18.2. The van der Waals surface area contributed by atoms with Crippen LogP contribution in [-0.2, 0) is 4.79 Å². The predicted octanol–water partition coefficient (Wildman–Crippen LogP) is 6.73. The molecular formula is C30H27ClN2O5. The topological polar surface area (TPSA) is 94.2 Å². The number of aromatic hydroxyl groups is 1. The molecule has 0 radical (unpaired) electrons. The van der Waals surface area contributed by atoms with E-state index in [0.29, 0.717) is 21.6 Å². The number of amides is 1. The Morgan fingerprint density at radius 1 is 1.00 bits per heavy atom. The van der Waals surface area contributed by atoms with Crippen LogP contribution in [0.25, 0.3) is 11.0 Å². The van der Waals surface area contributed by atoms with E-state index < -0.39 is 23.5 Å². The highest BCUT2D eigenvalue weighted by atomic mass is 35.5. The average molecular weight is 531 g/mol. The number of phenols is 1. The van der Waals surface area contributed by atoms with Gasteiger partial charge >= 0.3 is 0 Å². The molecule has 7 nitrogen and oxygen atoms in total. The lowest BCUT2D eigenvalue weighted by Crippen LogP contribution is -2.31. The van der Waals surface area contributed by atoms with Crippen LogP contribution < -0.4 is 9.80 Å². The molecule has 0 aliphatic carbocycles. The van der Waals surface area contributed by atoms with Gasteiger partial charge in [-0.15, -0.1) is 0 Å². The molecule has 1 aliphatic rings. The molecule has 194 valence electrons. The van der Waals surface area contributed by atoms with Crippen molar-refractivity contribution in [3.05, 3.63) is 100.0 Å². The number of aliphatic hydroxyl groups is 1. The third-order valence-electron chi connectivity index (χ3n) is 6.88. The maximum atomic E-state index is 13.8. The van der Waals surface area contributed by atoms with Crippen LogP contribution in [0.15, 0.2) is 82.5 Å². The van der Waals surface area contributed by atoms with Crippen LogP contribution in [0.4, 0.5) is 11.4 Å². The summed E-state index contributed by atoms with van der Waals surface area (Å²) in [5.41, 5.74) is 2.91. The van der Waals surface area contributed by atoms with Gasteiger partial charge in [0, 0.05) is 29.2 Å². The summed E-state index contributed by atoms with van der Waals surface area (Å²) in [6.45, 7) is 7.60. The molecule has 0 saturated heterocycles. The van der Waals surface area contributed by atoms with Crippen molar-refractivity contribution in [1.82, 2.24) is 0 Å². The summed E-state index contributed by atoms with van der Waals surface area (Å²) >= 11 is 6.10. The average Bonchev–Trinajstić information content (AvgIpc) is 3.44. The molecule has 1 atom stereocenters. The van der Waals surface area contributed by atoms with Crippen molar-refractivity contribution in [3.8, 4) is 5.75 Å². The fourth-order valence-corrected chi connectivity index (χ4v) is 5.12. The van der Waals surface area contributed by atoms with Gasteiger partial charge in [0.25, 0.3) is 5.91 Å². The molecule has 3 aromatic carbocycles. The minimum absolute atomic E-state index is 0.0308. The van der Waals surface area contributed by atoms with E-state index in [-0.39, 0.29) is 22.8 Å². The molecule has 1 unspecified atom stereocenters. The van der Waals surface area contributed by atoms with Gasteiger partial charge in [0.05, 0.1) is 17.3 Å². The van der Waals surface area contributed by atoms with E-state index in [4.69, 9.17) is 16.0 Å². The van der Waals surface area contributed by atoms with Crippen molar-refractivity contribution < 1.29 is 24.2 Å². The van der Waals surface area contributed by atoms with Crippen LogP contribution in [0.2, 0.25) is 5.02 Å². The van der Waals surface area contributed by atoms with Crippen LogP contribution in [0.5, 0.6) is 5.75 Å². The maximum Gasteiger partial charge on any atom is 0.294 e. The fraction of sp³-hybridized carbons (Fsp3) is 0.200. The molecule has 38 heavy (non-hydrogen) atoms. The lowest BCUT2D eigenvalue weighted by Gasteiger charge is -2.28. The number of halogens is 1. The standard InChI is InChI=1S/C30H27ClN2O5/c1-4-32(5-2)21-10-7-18(8-11-21)27-26(28(35)25-16-19-15-20(31)9-13-24(19)38-25)29(36)30(37)33(27)22-14-17(3)6-12-23(22)34/h6-16,27,34,36H,4-5H2,1-3H3. The number of furan rings is 1. The number of aryl methyl sites for hydroxylation is 1. The Labute approximate surface area is 225 Å². The molecule has 2 heterocycles. The van der Waals surface area contributed by atoms with Crippen molar-refractivity contribution in [2.75, 3.05) is 22.9 Å². The van der Waals surface area contributed by atoms with Crippen molar-refractivity contribution in [1.29, 1.82) is 0 Å². The number of phenolic OH excluding ortho intramolecular Hbond substituents is 1. The summed E-state index contributed by atoms with van der Waals surface area (Å²) in [5, 5.41) is 22.9. The zero-order valence-corrected chi connectivity index (χ0v) is 22.0. The minimum Gasteiger partial charge on any atom is -0.506 e. The van der Waals surface area contributed by atoms with E-state index in [0.717, 1.165) is 24.3 Å². The number of benzene rings is 3. The molecule has 4 aromatic rings. The van der Waals surface area contributed by atoms with Crippen LogP contribution in [0, 0.1) is 6.92 Å². The molecular weight excluding hydrogens is 504 g/mol. The largest absolute Gasteiger partial charge is 0.506 e. The number of anilines is 2. The van der Waals surface area contributed by atoms with Crippen LogP contribution >= 0.6 is 11.6 Å². The number of hydrogen-bond acceptors (Lipinski definition) is 6. The zero-order chi connectivity index (χ0) is 27.1. The summed E-state index contributed by atoms with van der Waals surface area (Å²) in [7, 11) is 0. The van der Waals surface area contributed by atoms with Crippen molar-refractivity contribution in [2.24, 2.45) is 0 Å². The summed E-state index contributed by atoms with van der Waals surface area (Å²) in [6, 6.07) is 17.9. The first-order valence-electron chi connectivity index (χ1n) is 12.4. The molecule has 8 heteroatoms. The Kier molecular flexibility index (Phi) is 6.63. The van der Waals surface area contributed by atoms with Crippen molar-refractivity contribution >= 4 is 45.6 Å². The van der Waals surface area contributed by atoms with Gasteiger partial charge in [0.2, 0.25) is 5.78 Å². The first-order valence-corrected chi connectivity index (χ1v) is 12.8. The molecule has 0 fully saturated rings. The first kappa shape index (κ1) is 25.4. The second-order valence-corrected chi connectivity index (χ2v) is 9.65. The highest BCUT2D eigenvalue weighted by Gasteiger charge is 2.46. The van der Waals surface area contributed by atoms with Gasteiger partial charge in [0.1, 0.15) is 11.3 Å². The van der Waals surface area contributed by atoms with Crippen LogP contribution in [-0.4, -0.2) is 35.0 Å². The Balaban J connectivity index is 1.66. The lowest BCUT2D eigenvalue weighted by molar-refractivity contribution is -0.117. The summed E-state index contributed by atoms with van der Waals surface area (Å²) in [5.74, 6) is -2.28. The minimum atomic E-state index is -0.995. The van der Waals surface area contributed by atoms with Gasteiger partial charge in [-0.25, -0.2) is 0 Å². The van der Waals surface area contributed by atoms with Gasteiger partial charge in [-0.3, -0.25) is 14.5 Å². The number of rotatable bonds is 7. The summed E-state index contributed by atoms with van der Waals surface area (Å²) in [4.78, 5) is 30.8. The number of carbonyl (C=O) groups excluding carboxylic acids is 2. The summed E-state index contributed by atoms with van der Waals surface area (Å²) < 4.78 is 5.79. The second-order valence-electron chi connectivity index (χ2n) is 9.22. The molecule has 1 aliphatic heterocycles. The number of aliphatic hydroxyl groups excluding tert-OH is 1. The van der Waals surface area contributed by atoms with E-state index in [1.807, 2.05) is 31.2 Å². The number of carbonyl (C=O) groups is 2. The molecule has 0 bridgehead atoms. The number of ketones is 1. The molecule has 5 rings (SSSR count).